The normalized spacial score (nSPS) is 11.0. The van der Waals surface area contributed by atoms with Crippen LogP contribution in [0.15, 0.2) is 29.3 Å². The highest BCUT2D eigenvalue weighted by Gasteiger charge is 2.08. The van der Waals surface area contributed by atoms with Crippen LogP contribution in [-0.4, -0.2) is 51.1 Å². The molecule has 0 spiro atoms. The summed E-state index contributed by atoms with van der Waals surface area (Å²) in [6.45, 7) is 3.63. The summed E-state index contributed by atoms with van der Waals surface area (Å²) in [5.41, 5.74) is 1.14. The average molecular weight is 306 g/mol. The topological polar surface area (TPSA) is 66.0 Å². The Hall–Kier alpha value is -2.24. The molecule has 1 aromatic carbocycles. The number of nitrogens with zero attached hydrogens (tertiary/aromatic N) is 2. The van der Waals surface area contributed by atoms with E-state index in [0.717, 1.165) is 17.7 Å². The molecule has 6 nitrogen and oxygen atoms in total. The van der Waals surface area contributed by atoms with Crippen molar-refractivity contribution in [2.75, 3.05) is 34.3 Å². The lowest BCUT2D eigenvalue weighted by Gasteiger charge is -2.22. The molecule has 0 atom stereocenters. The smallest absolute Gasteiger partial charge is 0.239 e. The molecule has 0 bridgehead atoms. The fourth-order valence-corrected chi connectivity index (χ4v) is 1.95. The third-order valence-corrected chi connectivity index (χ3v) is 3.13. The van der Waals surface area contributed by atoms with Crippen LogP contribution in [0.25, 0.3) is 0 Å². The summed E-state index contributed by atoms with van der Waals surface area (Å²) in [6.07, 6.45) is 0.928. The number of hydrogen-bond acceptors (Lipinski definition) is 3. The molecule has 0 heterocycles. The van der Waals surface area contributed by atoms with Gasteiger partial charge in [0.25, 0.3) is 0 Å². The van der Waals surface area contributed by atoms with E-state index in [1.54, 1.807) is 14.2 Å². The molecule has 1 aromatic rings. The van der Waals surface area contributed by atoms with E-state index in [-0.39, 0.29) is 12.5 Å². The molecule has 0 aliphatic heterocycles. The Balaban J connectivity index is 2.49. The number of rotatable bonds is 7. The molecular formula is C16H26N4O2. The van der Waals surface area contributed by atoms with Gasteiger partial charge >= 0.3 is 0 Å². The number of amides is 1. The summed E-state index contributed by atoms with van der Waals surface area (Å²) >= 11 is 0. The van der Waals surface area contributed by atoms with Crippen molar-refractivity contribution in [3.05, 3.63) is 29.8 Å². The number of benzene rings is 1. The SMILES string of the molecule is CCCNC(=O)CNC(=NC)N(C)Cc1ccc(OC)cc1. The van der Waals surface area contributed by atoms with Gasteiger partial charge in [0.15, 0.2) is 5.96 Å². The molecule has 122 valence electrons. The van der Waals surface area contributed by atoms with Crippen molar-refractivity contribution >= 4 is 11.9 Å². The maximum Gasteiger partial charge on any atom is 0.239 e. The summed E-state index contributed by atoms with van der Waals surface area (Å²) in [6, 6.07) is 7.88. The van der Waals surface area contributed by atoms with Crippen LogP contribution in [0.2, 0.25) is 0 Å². The van der Waals surface area contributed by atoms with Gasteiger partial charge in [-0.2, -0.15) is 0 Å². The zero-order valence-corrected chi connectivity index (χ0v) is 13.8. The number of hydrogen-bond donors (Lipinski definition) is 2. The minimum absolute atomic E-state index is 0.0270. The van der Waals surface area contributed by atoms with Gasteiger partial charge in [0.05, 0.1) is 13.7 Å². The zero-order valence-electron chi connectivity index (χ0n) is 13.8. The zero-order chi connectivity index (χ0) is 16.4. The van der Waals surface area contributed by atoms with Crippen molar-refractivity contribution in [3.8, 4) is 5.75 Å². The van der Waals surface area contributed by atoms with Crippen LogP contribution >= 0.6 is 0 Å². The molecule has 2 N–H and O–H groups in total. The van der Waals surface area contributed by atoms with Crippen molar-refractivity contribution in [2.45, 2.75) is 19.9 Å². The molecule has 1 rings (SSSR count). The lowest BCUT2D eigenvalue weighted by Crippen LogP contribution is -2.43. The Bertz CT molecular complexity index is 485. The van der Waals surface area contributed by atoms with E-state index in [1.807, 2.05) is 43.1 Å². The summed E-state index contributed by atoms with van der Waals surface area (Å²) in [5.74, 6) is 1.49. The number of carbonyl (C=O) groups excluding carboxylic acids is 1. The molecule has 0 saturated carbocycles. The predicted molar refractivity (Wildman–Crippen MR) is 89.1 cm³/mol. The first kappa shape index (κ1) is 17.8. The molecule has 0 fully saturated rings. The van der Waals surface area contributed by atoms with Gasteiger partial charge in [0.2, 0.25) is 5.91 Å². The first-order valence-corrected chi connectivity index (χ1v) is 7.42. The molecule has 6 heteroatoms. The van der Waals surface area contributed by atoms with Crippen LogP contribution in [0.5, 0.6) is 5.75 Å². The summed E-state index contributed by atoms with van der Waals surface area (Å²) in [5, 5.41) is 5.88. The fraction of sp³-hybridized carbons (Fsp3) is 0.500. The van der Waals surface area contributed by atoms with Crippen LogP contribution < -0.4 is 15.4 Å². The predicted octanol–water partition coefficient (Wildman–Crippen LogP) is 1.23. The highest BCUT2D eigenvalue weighted by atomic mass is 16.5. The molecule has 0 saturated heterocycles. The summed E-state index contributed by atoms with van der Waals surface area (Å²) < 4.78 is 5.15. The van der Waals surface area contributed by atoms with Crippen molar-refractivity contribution in [3.63, 3.8) is 0 Å². The van der Waals surface area contributed by atoms with Gasteiger partial charge in [-0.15, -0.1) is 0 Å². The quantitative estimate of drug-likeness (QED) is 0.587. The minimum Gasteiger partial charge on any atom is -0.497 e. The monoisotopic (exact) mass is 306 g/mol. The fourth-order valence-electron chi connectivity index (χ4n) is 1.95. The number of nitrogens with one attached hydrogen (secondary N) is 2. The second-order valence-corrected chi connectivity index (χ2v) is 4.95. The summed E-state index contributed by atoms with van der Waals surface area (Å²) in [7, 11) is 5.29. The summed E-state index contributed by atoms with van der Waals surface area (Å²) in [4.78, 5) is 17.8. The van der Waals surface area contributed by atoms with Gasteiger partial charge in [-0.1, -0.05) is 19.1 Å². The van der Waals surface area contributed by atoms with Crippen LogP contribution in [0, 0.1) is 0 Å². The van der Waals surface area contributed by atoms with Gasteiger partial charge in [-0.3, -0.25) is 9.79 Å². The van der Waals surface area contributed by atoms with E-state index in [4.69, 9.17) is 4.74 Å². The van der Waals surface area contributed by atoms with Crippen molar-refractivity contribution in [2.24, 2.45) is 4.99 Å². The molecule has 0 unspecified atom stereocenters. The number of aliphatic imine (C=N–C) groups is 1. The Morgan fingerprint density at radius 1 is 1.27 bits per heavy atom. The van der Waals surface area contributed by atoms with Gasteiger partial charge in [0, 0.05) is 27.2 Å². The van der Waals surface area contributed by atoms with Crippen LogP contribution in [0.3, 0.4) is 0 Å². The Morgan fingerprint density at radius 3 is 2.50 bits per heavy atom. The minimum atomic E-state index is -0.0270. The lowest BCUT2D eigenvalue weighted by atomic mass is 10.2. The Labute approximate surface area is 132 Å². The van der Waals surface area contributed by atoms with E-state index in [0.29, 0.717) is 19.0 Å². The third-order valence-electron chi connectivity index (χ3n) is 3.13. The van der Waals surface area contributed by atoms with Crippen molar-refractivity contribution in [1.29, 1.82) is 0 Å². The first-order chi connectivity index (χ1) is 10.6. The molecule has 0 aliphatic rings. The number of ether oxygens (including phenoxy) is 1. The Morgan fingerprint density at radius 2 is 1.95 bits per heavy atom. The van der Waals surface area contributed by atoms with Gasteiger partial charge in [-0.05, 0) is 24.1 Å². The van der Waals surface area contributed by atoms with E-state index in [9.17, 15) is 4.79 Å². The lowest BCUT2D eigenvalue weighted by molar-refractivity contribution is -0.120. The van der Waals surface area contributed by atoms with Crippen LogP contribution in [0.4, 0.5) is 0 Å². The Kier molecular flexibility index (Phi) is 7.81. The van der Waals surface area contributed by atoms with Crippen molar-refractivity contribution < 1.29 is 9.53 Å². The van der Waals surface area contributed by atoms with Crippen LogP contribution in [0.1, 0.15) is 18.9 Å². The molecule has 22 heavy (non-hydrogen) atoms. The number of methoxy groups -OCH3 is 1. The van der Waals surface area contributed by atoms with E-state index < -0.39 is 0 Å². The molecule has 0 radical (unpaired) electrons. The standard InChI is InChI=1S/C16H26N4O2/c1-5-10-18-15(21)11-19-16(17-2)20(3)12-13-6-8-14(22-4)9-7-13/h6-9H,5,10-12H2,1-4H3,(H,17,19)(H,18,21). The van der Waals surface area contributed by atoms with E-state index in [1.165, 1.54) is 0 Å². The number of carbonyl (C=O) groups is 1. The van der Waals surface area contributed by atoms with Crippen molar-refractivity contribution in [1.82, 2.24) is 15.5 Å². The second-order valence-electron chi connectivity index (χ2n) is 4.95. The molecular weight excluding hydrogens is 280 g/mol. The van der Waals surface area contributed by atoms with Gasteiger partial charge < -0.3 is 20.3 Å². The first-order valence-electron chi connectivity index (χ1n) is 7.42. The maximum absolute atomic E-state index is 11.6. The molecule has 0 aromatic heterocycles. The highest BCUT2D eigenvalue weighted by Crippen LogP contribution is 2.12. The number of guanidine groups is 1. The average Bonchev–Trinajstić information content (AvgIpc) is 2.54. The van der Waals surface area contributed by atoms with Gasteiger partial charge in [-0.25, -0.2) is 0 Å². The molecule has 1 amide bonds. The largest absolute Gasteiger partial charge is 0.497 e. The molecule has 0 aliphatic carbocycles. The van der Waals surface area contributed by atoms with Crippen LogP contribution in [-0.2, 0) is 11.3 Å². The van der Waals surface area contributed by atoms with E-state index >= 15 is 0 Å². The third kappa shape index (κ3) is 6.03. The maximum atomic E-state index is 11.6. The van der Waals surface area contributed by atoms with Gasteiger partial charge in [0.1, 0.15) is 5.75 Å². The highest BCUT2D eigenvalue weighted by molar-refractivity contribution is 5.86. The van der Waals surface area contributed by atoms with E-state index in [2.05, 4.69) is 15.6 Å². The second kappa shape index (κ2) is 9.65.